The molecule has 23 heavy (non-hydrogen) atoms. The molecule has 0 spiro atoms. The predicted molar refractivity (Wildman–Crippen MR) is 91.9 cm³/mol. The van der Waals surface area contributed by atoms with E-state index >= 15 is 0 Å². The SMILES string of the molecule is C=C(C)COc1cc(CNCCCn2cccn2)ccc1OC. The van der Waals surface area contributed by atoms with Gasteiger partial charge in [0.1, 0.15) is 6.61 Å². The molecule has 2 aromatic rings. The Balaban J connectivity index is 1.79. The second-order valence-corrected chi connectivity index (χ2v) is 5.53. The van der Waals surface area contributed by atoms with Crippen molar-refractivity contribution in [2.24, 2.45) is 0 Å². The Labute approximate surface area is 137 Å². The molecule has 124 valence electrons. The van der Waals surface area contributed by atoms with Gasteiger partial charge in [0.25, 0.3) is 0 Å². The molecule has 0 bridgehead atoms. The molecule has 0 saturated heterocycles. The Morgan fingerprint density at radius 1 is 1.35 bits per heavy atom. The zero-order valence-corrected chi connectivity index (χ0v) is 13.9. The maximum absolute atomic E-state index is 5.74. The first-order valence-electron chi connectivity index (χ1n) is 7.81. The highest BCUT2D eigenvalue weighted by molar-refractivity contribution is 5.43. The third-order valence-electron chi connectivity index (χ3n) is 3.33. The Bertz CT molecular complexity index is 609. The Hall–Kier alpha value is -2.27. The normalized spacial score (nSPS) is 10.5. The third-order valence-corrected chi connectivity index (χ3v) is 3.33. The highest BCUT2D eigenvalue weighted by atomic mass is 16.5. The summed E-state index contributed by atoms with van der Waals surface area (Å²) >= 11 is 0. The highest BCUT2D eigenvalue weighted by Gasteiger charge is 2.06. The van der Waals surface area contributed by atoms with E-state index in [1.807, 2.05) is 42.1 Å². The van der Waals surface area contributed by atoms with Crippen molar-refractivity contribution in [2.45, 2.75) is 26.4 Å². The maximum atomic E-state index is 5.74. The summed E-state index contributed by atoms with van der Waals surface area (Å²) in [6.07, 6.45) is 4.82. The van der Waals surface area contributed by atoms with Crippen molar-refractivity contribution in [3.8, 4) is 11.5 Å². The monoisotopic (exact) mass is 315 g/mol. The fraction of sp³-hybridized carbons (Fsp3) is 0.389. The number of aromatic nitrogens is 2. The van der Waals surface area contributed by atoms with Crippen LogP contribution >= 0.6 is 0 Å². The molecule has 1 heterocycles. The molecule has 0 unspecified atom stereocenters. The first-order valence-corrected chi connectivity index (χ1v) is 7.81. The van der Waals surface area contributed by atoms with Crippen molar-refractivity contribution in [3.63, 3.8) is 0 Å². The summed E-state index contributed by atoms with van der Waals surface area (Å²) in [4.78, 5) is 0. The summed E-state index contributed by atoms with van der Waals surface area (Å²) in [5, 5.41) is 7.63. The van der Waals surface area contributed by atoms with Crippen LogP contribution in [0, 0.1) is 0 Å². The summed E-state index contributed by atoms with van der Waals surface area (Å²) in [7, 11) is 1.65. The van der Waals surface area contributed by atoms with Gasteiger partial charge in [-0.3, -0.25) is 4.68 Å². The molecule has 0 amide bonds. The molecule has 0 aliphatic carbocycles. The van der Waals surface area contributed by atoms with Crippen LogP contribution in [0.4, 0.5) is 0 Å². The van der Waals surface area contributed by atoms with E-state index < -0.39 is 0 Å². The van der Waals surface area contributed by atoms with Gasteiger partial charge in [0.05, 0.1) is 7.11 Å². The van der Waals surface area contributed by atoms with Crippen LogP contribution in [0.5, 0.6) is 11.5 Å². The van der Waals surface area contributed by atoms with Crippen molar-refractivity contribution >= 4 is 0 Å². The predicted octanol–water partition coefficient (Wildman–Crippen LogP) is 3.03. The van der Waals surface area contributed by atoms with Crippen LogP contribution in [0.3, 0.4) is 0 Å². The minimum atomic E-state index is 0.497. The van der Waals surface area contributed by atoms with Gasteiger partial charge >= 0.3 is 0 Å². The van der Waals surface area contributed by atoms with Crippen LogP contribution in [0.2, 0.25) is 0 Å². The topological polar surface area (TPSA) is 48.3 Å². The molecule has 0 saturated carbocycles. The molecule has 0 aliphatic rings. The Morgan fingerprint density at radius 2 is 2.22 bits per heavy atom. The van der Waals surface area contributed by atoms with Crippen LogP contribution in [-0.2, 0) is 13.1 Å². The average Bonchev–Trinajstić information content (AvgIpc) is 3.06. The zero-order valence-electron chi connectivity index (χ0n) is 13.9. The molecule has 5 heteroatoms. The van der Waals surface area contributed by atoms with E-state index in [1.54, 1.807) is 13.3 Å². The van der Waals surface area contributed by atoms with Gasteiger partial charge in [0, 0.05) is 25.5 Å². The number of ether oxygens (including phenoxy) is 2. The van der Waals surface area contributed by atoms with E-state index in [1.165, 1.54) is 5.56 Å². The lowest BCUT2D eigenvalue weighted by atomic mass is 10.2. The fourth-order valence-corrected chi connectivity index (χ4v) is 2.18. The summed E-state index contributed by atoms with van der Waals surface area (Å²) in [6.45, 7) is 8.96. The van der Waals surface area contributed by atoms with Crippen LogP contribution in [0.1, 0.15) is 18.9 Å². The zero-order chi connectivity index (χ0) is 16.5. The van der Waals surface area contributed by atoms with E-state index in [0.717, 1.165) is 43.1 Å². The Kier molecular flexibility index (Phi) is 6.69. The molecule has 0 aliphatic heterocycles. The molecule has 0 atom stereocenters. The van der Waals surface area contributed by atoms with Crippen molar-refractivity contribution < 1.29 is 9.47 Å². The largest absolute Gasteiger partial charge is 0.493 e. The van der Waals surface area contributed by atoms with Crippen LogP contribution in [0.25, 0.3) is 0 Å². The average molecular weight is 315 g/mol. The lowest BCUT2D eigenvalue weighted by Gasteiger charge is -2.13. The van der Waals surface area contributed by atoms with E-state index in [-0.39, 0.29) is 0 Å². The minimum absolute atomic E-state index is 0.497. The smallest absolute Gasteiger partial charge is 0.161 e. The second-order valence-electron chi connectivity index (χ2n) is 5.53. The van der Waals surface area contributed by atoms with Crippen molar-refractivity contribution in [1.82, 2.24) is 15.1 Å². The van der Waals surface area contributed by atoms with E-state index in [2.05, 4.69) is 17.0 Å². The lowest BCUT2D eigenvalue weighted by molar-refractivity contribution is 0.319. The summed E-state index contributed by atoms with van der Waals surface area (Å²) < 4.78 is 13.0. The standard InChI is InChI=1S/C18H25N3O2/c1-15(2)14-23-18-12-16(6-7-17(18)22-3)13-19-8-4-10-21-11-5-9-20-21/h5-7,9,11-12,19H,1,4,8,10,13-14H2,2-3H3. The van der Waals surface area contributed by atoms with E-state index in [0.29, 0.717) is 6.61 Å². The second kappa shape index (κ2) is 9.00. The fourth-order valence-electron chi connectivity index (χ4n) is 2.18. The van der Waals surface area contributed by atoms with Crippen molar-refractivity contribution in [3.05, 3.63) is 54.4 Å². The van der Waals surface area contributed by atoms with Crippen LogP contribution < -0.4 is 14.8 Å². The minimum Gasteiger partial charge on any atom is -0.493 e. The molecular formula is C18H25N3O2. The van der Waals surface area contributed by atoms with E-state index in [4.69, 9.17) is 9.47 Å². The van der Waals surface area contributed by atoms with Crippen LogP contribution in [-0.4, -0.2) is 30.0 Å². The number of aryl methyl sites for hydroxylation is 1. The van der Waals surface area contributed by atoms with Gasteiger partial charge in [-0.25, -0.2) is 0 Å². The number of rotatable bonds is 10. The number of nitrogens with zero attached hydrogens (tertiary/aromatic N) is 2. The summed E-state index contributed by atoms with van der Waals surface area (Å²) in [5.41, 5.74) is 2.15. The first-order chi connectivity index (χ1) is 11.2. The maximum Gasteiger partial charge on any atom is 0.161 e. The van der Waals surface area contributed by atoms with Gasteiger partial charge in [0.15, 0.2) is 11.5 Å². The van der Waals surface area contributed by atoms with Gasteiger partial charge in [-0.05, 0) is 49.2 Å². The number of methoxy groups -OCH3 is 1. The van der Waals surface area contributed by atoms with Crippen molar-refractivity contribution in [1.29, 1.82) is 0 Å². The van der Waals surface area contributed by atoms with Gasteiger partial charge in [-0.2, -0.15) is 5.10 Å². The van der Waals surface area contributed by atoms with Gasteiger partial charge < -0.3 is 14.8 Å². The molecule has 1 aromatic carbocycles. The summed E-state index contributed by atoms with van der Waals surface area (Å²) in [6, 6.07) is 7.95. The van der Waals surface area contributed by atoms with Crippen molar-refractivity contribution in [2.75, 3.05) is 20.3 Å². The molecule has 2 rings (SSSR count). The molecule has 0 radical (unpaired) electrons. The lowest BCUT2D eigenvalue weighted by Crippen LogP contribution is -2.16. The Morgan fingerprint density at radius 3 is 2.91 bits per heavy atom. The van der Waals surface area contributed by atoms with Gasteiger partial charge in [0.2, 0.25) is 0 Å². The molecule has 0 fully saturated rings. The van der Waals surface area contributed by atoms with Gasteiger partial charge in [-0.1, -0.05) is 12.6 Å². The van der Waals surface area contributed by atoms with Gasteiger partial charge in [-0.15, -0.1) is 0 Å². The molecular weight excluding hydrogens is 290 g/mol. The molecule has 1 N–H and O–H groups in total. The number of nitrogens with one attached hydrogen (secondary N) is 1. The highest BCUT2D eigenvalue weighted by Crippen LogP contribution is 2.28. The number of hydrogen-bond acceptors (Lipinski definition) is 4. The number of hydrogen-bond donors (Lipinski definition) is 1. The van der Waals surface area contributed by atoms with E-state index in [9.17, 15) is 0 Å². The van der Waals surface area contributed by atoms with Crippen LogP contribution in [0.15, 0.2) is 48.8 Å². The molecule has 1 aromatic heterocycles. The summed E-state index contributed by atoms with van der Waals surface area (Å²) in [5.74, 6) is 1.50. The third kappa shape index (κ3) is 5.79. The number of benzene rings is 1. The quantitative estimate of drug-likeness (QED) is 0.541. The molecule has 5 nitrogen and oxygen atoms in total. The first kappa shape index (κ1) is 17.1.